The Morgan fingerprint density at radius 2 is 2.00 bits per heavy atom. The van der Waals surface area contributed by atoms with Gasteiger partial charge in [0.15, 0.2) is 0 Å². The van der Waals surface area contributed by atoms with E-state index in [1.165, 1.54) is 19.2 Å². The molecule has 2 aromatic carbocycles. The van der Waals surface area contributed by atoms with Crippen LogP contribution in [0.25, 0.3) is 0 Å². The number of methoxy groups -OCH3 is 1. The van der Waals surface area contributed by atoms with Gasteiger partial charge in [-0.1, -0.05) is 41.4 Å². The molecule has 0 aliphatic heterocycles. The molecule has 8 nitrogen and oxygen atoms in total. The van der Waals surface area contributed by atoms with E-state index in [0.717, 1.165) is 17.2 Å². The molecule has 0 spiro atoms. The van der Waals surface area contributed by atoms with Crippen molar-refractivity contribution < 1.29 is 19.2 Å². The second-order valence-corrected chi connectivity index (χ2v) is 6.58. The van der Waals surface area contributed by atoms with Crippen molar-refractivity contribution in [1.82, 2.24) is 5.32 Å². The molecule has 0 bridgehead atoms. The molecule has 0 saturated heterocycles. The Labute approximate surface area is 167 Å². The van der Waals surface area contributed by atoms with Gasteiger partial charge in [0, 0.05) is 18.7 Å². The smallest absolute Gasteiger partial charge is 0.319 e. The van der Waals surface area contributed by atoms with Gasteiger partial charge in [-0.2, -0.15) is 0 Å². The van der Waals surface area contributed by atoms with Crippen molar-refractivity contribution in [2.24, 2.45) is 5.92 Å². The third kappa shape index (κ3) is 5.95. The second kappa shape index (κ2) is 9.70. The maximum Gasteiger partial charge on any atom is 0.319 e. The quantitative estimate of drug-likeness (QED) is 0.414. The summed E-state index contributed by atoms with van der Waals surface area (Å²) in [6.45, 7) is 2.01. The Morgan fingerprint density at radius 3 is 2.61 bits per heavy atom. The van der Waals surface area contributed by atoms with Crippen molar-refractivity contribution in [3.05, 3.63) is 68.7 Å². The maximum atomic E-state index is 12.1. The van der Waals surface area contributed by atoms with E-state index < -0.39 is 22.8 Å². The van der Waals surface area contributed by atoms with Crippen LogP contribution in [0.3, 0.4) is 0 Å². The molecule has 9 heteroatoms. The van der Waals surface area contributed by atoms with Gasteiger partial charge < -0.3 is 15.4 Å². The van der Waals surface area contributed by atoms with E-state index in [1.54, 1.807) is 0 Å². The molecule has 0 saturated carbocycles. The molecule has 0 radical (unpaired) electrons. The number of nitrogens with zero attached hydrogens (tertiary/aromatic N) is 1. The Morgan fingerprint density at radius 1 is 1.25 bits per heavy atom. The normalized spacial score (nSPS) is 11.4. The molecule has 2 amide bonds. The second-order valence-electron chi connectivity index (χ2n) is 6.17. The lowest BCUT2D eigenvalue weighted by Gasteiger charge is -2.16. The lowest BCUT2D eigenvalue weighted by molar-refractivity contribution is -0.384. The fourth-order valence-corrected chi connectivity index (χ4v) is 2.85. The first-order chi connectivity index (χ1) is 13.3. The fourth-order valence-electron chi connectivity index (χ4n) is 2.63. The van der Waals surface area contributed by atoms with Crippen molar-refractivity contribution in [3.8, 4) is 0 Å². The van der Waals surface area contributed by atoms with Crippen LogP contribution in [0, 0.1) is 23.0 Å². The molecular weight excluding hydrogens is 386 g/mol. The van der Waals surface area contributed by atoms with Gasteiger partial charge >= 0.3 is 12.0 Å². The van der Waals surface area contributed by atoms with Crippen molar-refractivity contribution in [3.63, 3.8) is 0 Å². The summed E-state index contributed by atoms with van der Waals surface area (Å²) in [5, 5.41) is 15.9. The van der Waals surface area contributed by atoms with Gasteiger partial charge in [0.1, 0.15) is 0 Å². The number of hydrogen-bond donors (Lipinski definition) is 2. The van der Waals surface area contributed by atoms with Crippen LogP contribution in [0.5, 0.6) is 0 Å². The SMILES string of the molecule is COC(=O)C(CNC(=O)Nc1ccc([N+](=O)[O-])cc1Cl)Cc1cccc(C)c1. The zero-order chi connectivity index (χ0) is 20.7. The predicted molar refractivity (Wildman–Crippen MR) is 106 cm³/mol. The number of nitro groups is 1. The average molecular weight is 406 g/mol. The zero-order valence-corrected chi connectivity index (χ0v) is 16.2. The van der Waals surface area contributed by atoms with Crippen LogP contribution in [0.4, 0.5) is 16.2 Å². The van der Waals surface area contributed by atoms with Gasteiger partial charge in [0.05, 0.1) is 28.7 Å². The maximum absolute atomic E-state index is 12.1. The summed E-state index contributed by atoms with van der Waals surface area (Å²) < 4.78 is 4.82. The molecular formula is C19H20ClN3O5. The Balaban J connectivity index is 1.99. The standard InChI is InChI=1S/C19H20ClN3O5/c1-12-4-3-5-13(8-12)9-14(18(24)28-2)11-21-19(25)22-17-7-6-15(23(26)27)10-16(17)20/h3-8,10,14H,9,11H2,1-2H3,(H2,21,22,25). The van der Waals surface area contributed by atoms with Crippen LogP contribution in [-0.2, 0) is 16.0 Å². The molecule has 2 N–H and O–H groups in total. The van der Waals surface area contributed by atoms with E-state index in [4.69, 9.17) is 16.3 Å². The molecule has 0 aromatic heterocycles. The predicted octanol–water partition coefficient (Wildman–Crippen LogP) is 3.71. The van der Waals surface area contributed by atoms with E-state index in [-0.39, 0.29) is 22.9 Å². The minimum Gasteiger partial charge on any atom is -0.469 e. The number of nitro benzene ring substituents is 1. The Hall–Kier alpha value is -3.13. The molecule has 1 unspecified atom stereocenters. The van der Waals surface area contributed by atoms with Crippen molar-refractivity contribution in [1.29, 1.82) is 0 Å². The fraction of sp³-hybridized carbons (Fsp3) is 0.263. The number of carbonyl (C=O) groups is 2. The highest BCUT2D eigenvalue weighted by Crippen LogP contribution is 2.26. The Bertz CT molecular complexity index is 888. The van der Waals surface area contributed by atoms with Crippen molar-refractivity contribution >= 4 is 35.0 Å². The topological polar surface area (TPSA) is 111 Å². The number of hydrogen-bond acceptors (Lipinski definition) is 5. The lowest BCUT2D eigenvalue weighted by atomic mass is 9.98. The number of halogens is 1. The monoisotopic (exact) mass is 405 g/mol. The number of rotatable bonds is 7. The number of non-ortho nitro benzene ring substituents is 1. The lowest BCUT2D eigenvalue weighted by Crippen LogP contribution is -2.37. The molecule has 148 valence electrons. The van der Waals surface area contributed by atoms with Crippen LogP contribution in [0.15, 0.2) is 42.5 Å². The number of esters is 1. The first kappa shape index (κ1) is 21.2. The molecule has 0 aliphatic carbocycles. The molecule has 2 aromatic rings. The number of ether oxygens (including phenoxy) is 1. The van der Waals surface area contributed by atoms with Crippen LogP contribution >= 0.6 is 11.6 Å². The van der Waals surface area contributed by atoms with E-state index in [2.05, 4.69) is 10.6 Å². The van der Waals surface area contributed by atoms with Crippen LogP contribution in [0.1, 0.15) is 11.1 Å². The number of urea groups is 1. The van der Waals surface area contributed by atoms with Gasteiger partial charge in [0.2, 0.25) is 0 Å². The van der Waals surface area contributed by atoms with Crippen molar-refractivity contribution in [2.75, 3.05) is 19.0 Å². The van der Waals surface area contributed by atoms with Crippen LogP contribution in [0.2, 0.25) is 5.02 Å². The molecule has 0 heterocycles. The van der Waals surface area contributed by atoms with Gasteiger partial charge in [-0.25, -0.2) is 4.79 Å². The number of amides is 2. The van der Waals surface area contributed by atoms with E-state index in [9.17, 15) is 19.7 Å². The van der Waals surface area contributed by atoms with Crippen LogP contribution < -0.4 is 10.6 Å². The molecule has 0 aliphatic rings. The summed E-state index contributed by atoms with van der Waals surface area (Å²) in [5.41, 5.74) is 2.06. The van der Waals surface area contributed by atoms with E-state index >= 15 is 0 Å². The van der Waals surface area contributed by atoms with Gasteiger partial charge in [0.25, 0.3) is 5.69 Å². The highest BCUT2D eigenvalue weighted by molar-refractivity contribution is 6.33. The van der Waals surface area contributed by atoms with Crippen molar-refractivity contribution in [2.45, 2.75) is 13.3 Å². The highest BCUT2D eigenvalue weighted by atomic mass is 35.5. The summed E-state index contributed by atoms with van der Waals surface area (Å²) in [4.78, 5) is 34.3. The van der Waals surface area contributed by atoms with E-state index in [0.29, 0.717) is 6.42 Å². The zero-order valence-electron chi connectivity index (χ0n) is 15.4. The summed E-state index contributed by atoms with van der Waals surface area (Å²) in [6, 6.07) is 10.8. The minimum absolute atomic E-state index is 0.0358. The first-order valence-electron chi connectivity index (χ1n) is 8.42. The molecule has 2 rings (SSSR count). The summed E-state index contributed by atoms with van der Waals surface area (Å²) >= 11 is 5.95. The first-order valence-corrected chi connectivity index (χ1v) is 8.80. The molecule has 28 heavy (non-hydrogen) atoms. The van der Waals surface area contributed by atoms with Gasteiger partial charge in [-0.05, 0) is 25.0 Å². The molecule has 0 fully saturated rings. The third-order valence-corrected chi connectivity index (χ3v) is 4.33. The molecule has 1 atom stereocenters. The summed E-state index contributed by atoms with van der Waals surface area (Å²) in [7, 11) is 1.29. The average Bonchev–Trinajstić information content (AvgIpc) is 2.66. The Kier molecular flexibility index (Phi) is 7.34. The number of nitrogens with one attached hydrogen (secondary N) is 2. The third-order valence-electron chi connectivity index (χ3n) is 4.02. The van der Waals surface area contributed by atoms with Gasteiger partial charge in [-0.15, -0.1) is 0 Å². The van der Waals surface area contributed by atoms with E-state index in [1.807, 2.05) is 31.2 Å². The number of anilines is 1. The largest absolute Gasteiger partial charge is 0.469 e. The summed E-state index contributed by atoms with van der Waals surface area (Å²) in [6.07, 6.45) is 0.410. The number of carbonyl (C=O) groups excluding carboxylic acids is 2. The number of benzene rings is 2. The number of aryl methyl sites for hydroxylation is 1. The highest BCUT2D eigenvalue weighted by Gasteiger charge is 2.21. The minimum atomic E-state index is -0.589. The van der Waals surface area contributed by atoms with Crippen LogP contribution in [-0.4, -0.2) is 30.6 Å². The summed E-state index contributed by atoms with van der Waals surface area (Å²) in [5.74, 6) is -1.000. The van der Waals surface area contributed by atoms with Gasteiger partial charge in [-0.3, -0.25) is 14.9 Å².